The van der Waals surface area contributed by atoms with Gasteiger partial charge in [-0.1, -0.05) is 35.0 Å². The third kappa shape index (κ3) is 5.57. The Bertz CT molecular complexity index is 1130. The molecule has 6 nitrogen and oxygen atoms in total. The largest absolute Gasteiger partial charge is 0.300 e. The molecule has 0 spiro atoms. The molecule has 2 aliphatic heterocycles. The fourth-order valence-corrected chi connectivity index (χ4v) is 7.84. The molecule has 0 unspecified atom stereocenters. The van der Waals surface area contributed by atoms with Gasteiger partial charge in [-0.3, -0.25) is 0 Å². The first-order chi connectivity index (χ1) is 15.8. The lowest BCUT2D eigenvalue weighted by Gasteiger charge is -2.36. The van der Waals surface area contributed by atoms with E-state index in [1.54, 1.807) is 41.6 Å². The number of hydrogen-bond acceptors (Lipinski definition) is 5. The van der Waals surface area contributed by atoms with Crippen molar-refractivity contribution in [2.75, 3.05) is 32.7 Å². The lowest BCUT2D eigenvalue weighted by atomic mass is 10.1. The van der Waals surface area contributed by atoms with E-state index in [4.69, 9.17) is 23.2 Å². The second-order valence-corrected chi connectivity index (χ2v) is 12.2. The molecule has 10 heteroatoms. The molecule has 2 saturated heterocycles. The zero-order valence-electron chi connectivity index (χ0n) is 18.5. The van der Waals surface area contributed by atoms with Crippen molar-refractivity contribution in [2.24, 2.45) is 0 Å². The van der Waals surface area contributed by atoms with Crippen molar-refractivity contribution >= 4 is 50.7 Å². The fourth-order valence-electron chi connectivity index (χ4n) is 4.49. The van der Waals surface area contributed by atoms with Crippen molar-refractivity contribution in [2.45, 2.75) is 53.3 Å². The minimum atomic E-state index is -3.79. The second kappa shape index (κ2) is 10.6. The lowest BCUT2D eigenvalue weighted by molar-refractivity contribution is -0.458. The summed E-state index contributed by atoms with van der Waals surface area (Å²) in [6, 6.07) is 10.4. The van der Waals surface area contributed by atoms with Gasteiger partial charge in [-0.25, -0.2) is 8.42 Å². The number of halogens is 2. The first kappa shape index (κ1) is 24.9. The van der Waals surface area contributed by atoms with Crippen LogP contribution in [0.15, 0.2) is 51.1 Å². The second-order valence-electron chi connectivity index (χ2n) is 8.38. The summed E-state index contributed by atoms with van der Waals surface area (Å²) < 4.78 is 29.9. The summed E-state index contributed by atoms with van der Waals surface area (Å²) in [5.41, 5.74) is 0.324. The fraction of sp³-hybridized carbons (Fsp3) is 0.478. The number of likely N-dealkylation sites (tertiary alicyclic amines) is 1. The van der Waals surface area contributed by atoms with Gasteiger partial charge in [0, 0.05) is 55.7 Å². The van der Waals surface area contributed by atoms with Gasteiger partial charge in [0.05, 0.1) is 5.02 Å². The number of nitroso groups, excluding NO2 is 1. The Morgan fingerprint density at radius 2 is 1.70 bits per heavy atom. The monoisotopic (exact) mass is 528 g/mol. The van der Waals surface area contributed by atoms with Crippen molar-refractivity contribution in [3.05, 3.63) is 51.4 Å². The van der Waals surface area contributed by atoms with Crippen molar-refractivity contribution in [1.82, 2.24) is 9.21 Å². The van der Waals surface area contributed by atoms with E-state index in [1.165, 1.54) is 30.7 Å². The first-order valence-electron chi connectivity index (χ1n) is 11.3. The average Bonchev–Trinajstić information content (AvgIpc) is 3.36. The van der Waals surface area contributed by atoms with Gasteiger partial charge < -0.3 is 4.90 Å². The molecule has 2 heterocycles. The summed E-state index contributed by atoms with van der Waals surface area (Å²) in [4.78, 5) is 16.1. The molecule has 0 saturated carbocycles. The molecule has 0 radical (unpaired) electrons. The van der Waals surface area contributed by atoms with Gasteiger partial charge in [0.25, 0.3) is 5.69 Å². The number of hydrogen-bond donors (Lipinski definition) is 0. The van der Waals surface area contributed by atoms with Crippen LogP contribution in [0, 0.1) is 4.91 Å². The molecule has 0 aromatic heterocycles. The van der Waals surface area contributed by atoms with Crippen LogP contribution < -0.4 is 0 Å². The van der Waals surface area contributed by atoms with Crippen LogP contribution in [-0.2, 0) is 10.0 Å². The maximum Gasteiger partial charge on any atom is 0.257 e. The van der Waals surface area contributed by atoms with Gasteiger partial charge in [0.1, 0.15) is 4.90 Å². The van der Waals surface area contributed by atoms with E-state index in [-0.39, 0.29) is 11.4 Å². The van der Waals surface area contributed by atoms with Crippen molar-refractivity contribution in [3.63, 3.8) is 0 Å². The predicted octanol–water partition coefficient (Wildman–Crippen LogP) is 5.82. The molecule has 2 fully saturated rings. The van der Waals surface area contributed by atoms with Crippen LogP contribution in [0.2, 0.25) is 10.0 Å². The number of piperidine rings is 1. The smallest absolute Gasteiger partial charge is 0.257 e. The molecular weight excluding hydrogens is 501 g/mol. The Balaban J connectivity index is 1.64. The highest BCUT2D eigenvalue weighted by Gasteiger charge is 2.35. The van der Waals surface area contributed by atoms with E-state index in [0.29, 0.717) is 44.7 Å². The van der Waals surface area contributed by atoms with E-state index < -0.39 is 10.0 Å². The van der Waals surface area contributed by atoms with E-state index in [9.17, 15) is 13.3 Å². The summed E-state index contributed by atoms with van der Waals surface area (Å²) in [6.45, 7) is 5.13. The van der Waals surface area contributed by atoms with Gasteiger partial charge in [-0.2, -0.15) is 4.31 Å². The normalized spacial score (nSPS) is 18.6. The average molecular weight is 530 g/mol. The zero-order chi connectivity index (χ0) is 23.6. The molecule has 0 aliphatic carbocycles. The maximum absolute atomic E-state index is 13.8. The molecule has 178 valence electrons. The van der Waals surface area contributed by atoms with Crippen LogP contribution in [-0.4, -0.2) is 61.1 Å². The third-order valence-corrected chi connectivity index (χ3v) is 10.2. The summed E-state index contributed by atoms with van der Waals surface area (Å²) in [7, 11) is -3.79. The molecule has 2 aliphatic rings. The Morgan fingerprint density at radius 1 is 1.00 bits per heavy atom. The van der Waals surface area contributed by atoms with Crippen LogP contribution in [0.3, 0.4) is 0 Å². The van der Waals surface area contributed by atoms with Crippen LogP contribution in [0.4, 0.5) is 5.69 Å². The van der Waals surface area contributed by atoms with Gasteiger partial charge in [0.2, 0.25) is 10.0 Å². The molecule has 33 heavy (non-hydrogen) atoms. The molecule has 0 N–H and O–H groups in total. The summed E-state index contributed by atoms with van der Waals surface area (Å²) in [6.07, 6.45) is 4.09. The Morgan fingerprint density at radius 3 is 2.36 bits per heavy atom. The van der Waals surface area contributed by atoms with Crippen molar-refractivity contribution < 1.29 is 13.2 Å². The number of sulfonamides is 1. The number of nitrogens with zero attached hydrogens (tertiary/aromatic N) is 3. The van der Waals surface area contributed by atoms with E-state index >= 15 is 0 Å². The number of benzene rings is 2. The van der Waals surface area contributed by atoms with E-state index in [0.717, 1.165) is 30.7 Å². The van der Waals surface area contributed by atoms with Gasteiger partial charge in [-0.05, 0) is 70.0 Å². The highest BCUT2D eigenvalue weighted by molar-refractivity contribution is 8.00. The van der Waals surface area contributed by atoms with Gasteiger partial charge in [-0.15, -0.1) is 0 Å². The molecule has 2 aromatic rings. The van der Waals surface area contributed by atoms with Gasteiger partial charge >= 0.3 is 0 Å². The molecular formula is C23H28Cl2N3O3S2+. The van der Waals surface area contributed by atoms with Gasteiger partial charge in [0.15, 0.2) is 6.54 Å². The SMILES string of the molecule is CC[N+](=O)c1ccc(Sc2cc(Cl)ccc2Cl)c(S(=O)(=O)N2CCC(N3CCCC3)CC2)c1. The Kier molecular flexibility index (Phi) is 8.03. The summed E-state index contributed by atoms with van der Waals surface area (Å²) in [5.74, 6) is 0. The minimum absolute atomic E-state index is 0.134. The van der Waals surface area contributed by atoms with Crippen molar-refractivity contribution in [1.29, 1.82) is 0 Å². The summed E-state index contributed by atoms with van der Waals surface area (Å²) >= 11 is 13.7. The third-order valence-electron chi connectivity index (χ3n) is 6.31. The molecule has 4 rings (SSSR count). The van der Waals surface area contributed by atoms with Crippen LogP contribution in [0.25, 0.3) is 0 Å². The van der Waals surface area contributed by atoms with Crippen LogP contribution in [0.1, 0.15) is 32.6 Å². The zero-order valence-corrected chi connectivity index (χ0v) is 21.7. The van der Waals surface area contributed by atoms with Crippen LogP contribution >= 0.6 is 35.0 Å². The molecule has 0 amide bonds. The molecule has 2 aromatic carbocycles. The summed E-state index contributed by atoms with van der Waals surface area (Å²) in [5, 5.41) is 1.01. The first-order valence-corrected chi connectivity index (χ1v) is 14.3. The Labute approximate surface area is 209 Å². The van der Waals surface area contributed by atoms with E-state index in [2.05, 4.69) is 4.90 Å². The standard InChI is InChI=1S/C23H28Cl2N3O3S2/c1-2-28(29)19-6-8-21(32-22-15-17(24)5-7-20(22)25)23(16-19)33(30,31)27-13-9-18(10-14-27)26-11-3-4-12-26/h5-8,15-16,18H,2-4,9-14H2,1H3/q+1. The van der Waals surface area contributed by atoms with Crippen molar-refractivity contribution in [3.8, 4) is 0 Å². The molecule has 0 atom stereocenters. The highest BCUT2D eigenvalue weighted by atomic mass is 35.5. The van der Waals surface area contributed by atoms with Crippen LogP contribution in [0.5, 0.6) is 0 Å². The predicted molar refractivity (Wildman–Crippen MR) is 133 cm³/mol. The molecule has 0 bridgehead atoms. The highest BCUT2D eigenvalue weighted by Crippen LogP contribution is 2.40. The lowest BCUT2D eigenvalue weighted by Crippen LogP contribution is -2.45. The quantitative estimate of drug-likeness (QED) is 0.423. The number of rotatable bonds is 7. The minimum Gasteiger partial charge on any atom is -0.300 e. The maximum atomic E-state index is 13.8. The van der Waals surface area contributed by atoms with E-state index in [1.807, 2.05) is 0 Å². The Hall–Kier alpha value is -1.16. The topological polar surface area (TPSA) is 60.7 Å².